The first-order valence-electron chi connectivity index (χ1n) is 9.78. The number of aromatic nitrogens is 2. The van der Waals surface area contributed by atoms with Crippen LogP contribution in [0.2, 0.25) is 0 Å². The van der Waals surface area contributed by atoms with Crippen molar-refractivity contribution in [1.29, 1.82) is 0 Å². The molecule has 1 unspecified atom stereocenters. The Morgan fingerprint density at radius 1 is 1.18 bits per heavy atom. The molecule has 2 aliphatic heterocycles. The molecule has 1 saturated heterocycles. The zero-order valence-electron chi connectivity index (χ0n) is 16.6. The van der Waals surface area contributed by atoms with Gasteiger partial charge in [0.15, 0.2) is 5.75 Å². The Morgan fingerprint density at radius 3 is 2.71 bits per heavy atom. The normalized spacial score (nSPS) is 20.2. The first-order chi connectivity index (χ1) is 13.5. The predicted molar refractivity (Wildman–Crippen MR) is 102 cm³/mol. The van der Waals surface area contributed by atoms with Gasteiger partial charge in [0.05, 0.1) is 18.3 Å². The molecule has 0 N–H and O–H groups in total. The lowest BCUT2D eigenvalue weighted by Gasteiger charge is -2.26. The summed E-state index contributed by atoms with van der Waals surface area (Å²) in [4.78, 5) is 11.0. The molecule has 28 heavy (non-hydrogen) atoms. The molecule has 0 amide bonds. The van der Waals surface area contributed by atoms with Gasteiger partial charge in [-0.15, -0.1) is 0 Å². The minimum Gasteiger partial charge on any atom is -0.493 e. The summed E-state index contributed by atoms with van der Waals surface area (Å²) < 4.78 is 31.5. The fourth-order valence-electron chi connectivity index (χ4n) is 3.88. The zero-order valence-corrected chi connectivity index (χ0v) is 16.6. The van der Waals surface area contributed by atoms with Gasteiger partial charge in [-0.05, 0) is 33.7 Å². The van der Waals surface area contributed by atoms with Gasteiger partial charge in [0.25, 0.3) is 5.88 Å². The van der Waals surface area contributed by atoms with Crippen molar-refractivity contribution >= 4 is 0 Å². The van der Waals surface area contributed by atoms with Crippen LogP contribution in [0, 0.1) is 25.6 Å². The van der Waals surface area contributed by atoms with Gasteiger partial charge in [0, 0.05) is 42.0 Å². The summed E-state index contributed by atoms with van der Waals surface area (Å²) in [6.07, 6.45) is 1.01. The number of nitrogens with zero attached hydrogens (tertiary/aromatic N) is 3. The van der Waals surface area contributed by atoms with Gasteiger partial charge < -0.3 is 14.2 Å². The highest BCUT2D eigenvalue weighted by molar-refractivity contribution is 5.37. The largest absolute Gasteiger partial charge is 0.493 e. The van der Waals surface area contributed by atoms with E-state index >= 15 is 0 Å². The molecule has 4 heterocycles. The van der Waals surface area contributed by atoms with Crippen LogP contribution < -0.4 is 14.2 Å². The number of fused-ring (bicyclic) bond motifs is 1. The van der Waals surface area contributed by atoms with Crippen molar-refractivity contribution in [2.45, 2.75) is 33.2 Å². The number of hydrogen-bond acceptors (Lipinski definition) is 6. The smallest absolute Gasteiger partial charge is 0.257 e. The Bertz CT molecular complexity index is 841. The van der Waals surface area contributed by atoms with Crippen molar-refractivity contribution in [2.24, 2.45) is 5.92 Å². The van der Waals surface area contributed by atoms with Crippen molar-refractivity contribution in [3.63, 3.8) is 0 Å². The predicted octanol–water partition coefficient (Wildman–Crippen LogP) is 3.47. The Labute approximate surface area is 164 Å². The molecule has 0 saturated carbocycles. The number of hydrogen-bond donors (Lipinski definition) is 0. The molecular formula is C21H26FN3O3. The van der Waals surface area contributed by atoms with Crippen LogP contribution in [0.5, 0.6) is 17.4 Å². The van der Waals surface area contributed by atoms with E-state index in [2.05, 4.69) is 14.9 Å². The van der Waals surface area contributed by atoms with Gasteiger partial charge in [-0.25, -0.2) is 9.37 Å². The highest BCUT2D eigenvalue weighted by atomic mass is 19.1. The van der Waals surface area contributed by atoms with Crippen LogP contribution in [0.25, 0.3) is 0 Å². The summed E-state index contributed by atoms with van der Waals surface area (Å²) in [7, 11) is 0. The highest BCUT2D eigenvalue weighted by Crippen LogP contribution is 2.34. The minimum absolute atomic E-state index is 0.133. The lowest BCUT2D eigenvalue weighted by molar-refractivity contribution is 0.159. The van der Waals surface area contributed by atoms with Crippen LogP contribution in [0.3, 0.4) is 0 Å². The Morgan fingerprint density at radius 2 is 1.93 bits per heavy atom. The molecule has 6 nitrogen and oxygen atoms in total. The minimum atomic E-state index is -0.348. The van der Waals surface area contributed by atoms with Gasteiger partial charge in [-0.1, -0.05) is 0 Å². The van der Waals surface area contributed by atoms with Gasteiger partial charge in [0.2, 0.25) is 0 Å². The van der Waals surface area contributed by atoms with E-state index in [4.69, 9.17) is 14.2 Å². The molecular weight excluding hydrogens is 361 g/mol. The molecule has 0 aliphatic carbocycles. The second kappa shape index (κ2) is 7.91. The fraction of sp³-hybridized carbons (Fsp3) is 0.524. The van der Waals surface area contributed by atoms with Gasteiger partial charge in [0.1, 0.15) is 24.8 Å². The Kier molecular flexibility index (Phi) is 5.35. The maximum Gasteiger partial charge on any atom is 0.257 e. The first-order valence-corrected chi connectivity index (χ1v) is 9.78. The maximum atomic E-state index is 14.6. The van der Waals surface area contributed by atoms with E-state index in [1.54, 1.807) is 0 Å². The first kappa shape index (κ1) is 18.9. The molecule has 7 heteroatoms. The van der Waals surface area contributed by atoms with E-state index in [9.17, 15) is 4.39 Å². The van der Waals surface area contributed by atoms with Crippen molar-refractivity contribution in [3.05, 3.63) is 41.1 Å². The van der Waals surface area contributed by atoms with Crippen LogP contribution in [0.1, 0.15) is 36.5 Å². The average Bonchev–Trinajstić information content (AvgIpc) is 3.13. The molecule has 2 aromatic heterocycles. The third-order valence-electron chi connectivity index (χ3n) is 5.32. The van der Waals surface area contributed by atoms with E-state index in [0.717, 1.165) is 36.6 Å². The second-order valence-corrected chi connectivity index (χ2v) is 7.58. The number of rotatable bonds is 5. The van der Waals surface area contributed by atoms with E-state index in [0.29, 0.717) is 43.1 Å². The van der Waals surface area contributed by atoms with Crippen molar-refractivity contribution < 1.29 is 18.6 Å². The molecule has 1 fully saturated rings. The van der Waals surface area contributed by atoms with Gasteiger partial charge in [-0.2, -0.15) is 0 Å². The quantitative estimate of drug-likeness (QED) is 0.783. The monoisotopic (exact) mass is 387 g/mol. The molecule has 2 atom stereocenters. The summed E-state index contributed by atoms with van der Waals surface area (Å²) in [5.41, 5.74) is 2.32. The second-order valence-electron chi connectivity index (χ2n) is 7.58. The fourth-order valence-corrected chi connectivity index (χ4v) is 3.88. The van der Waals surface area contributed by atoms with Crippen LogP contribution in [-0.4, -0.2) is 47.8 Å². The molecule has 2 aromatic rings. The highest BCUT2D eigenvalue weighted by Gasteiger charge is 2.30. The number of halogens is 1. The average molecular weight is 387 g/mol. The maximum absolute atomic E-state index is 14.6. The van der Waals surface area contributed by atoms with Crippen LogP contribution in [0.4, 0.5) is 4.39 Å². The third kappa shape index (κ3) is 4.04. The summed E-state index contributed by atoms with van der Waals surface area (Å²) in [6, 6.07) is 5.16. The molecule has 2 aliphatic rings. The lowest BCUT2D eigenvalue weighted by atomic mass is 10.1. The Hall–Kier alpha value is -2.41. The van der Waals surface area contributed by atoms with E-state index in [-0.39, 0.29) is 11.9 Å². The molecule has 0 radical (unpaired) electrons. The van der Waals surface area contributed by atoms with Crippen LogP contribution in [-0.2, 0) is 0 Å². The molecule has 0 bridgehead atoms. The number of ether oxygens (including phenoxy) is 3. The molecule has 0 spiro atoms. The molecule has 150 valence electrons. The number of aryl methyl sites for hydroxylation is 2. The van der Waals surface area contributed by atoms with Crippen molar-refractivity contribution in [1.82, 2.24) is 14.9 Å². The number of pyridine rings is 2. The van der Waals surface area contributed by atoms with E-state index in [1.165, 1.54) is 6.07 Å². The number of likely N-dealkylation sites (tertiary alicyclic amines) is 1. The van der Waals surface area contributed by atoms with Crippen LogP contribution >= 0.6 is 0 Å². The lowest BCUT2D eigenvalue weighted by Crippen LogP contribution is -2.27. The standard InChI is InChI=1S/C21H26FN3O3/c1-13-8-17(9-14(2)23-13)28-12-16-4-5-25(11-16)15(3)20-18(22)10-19-21(24-20)27-7-6-26-19/h8-10,15-16H,4-7,11-12H2,1-3H3/t15?,16-/m0/s1. The van der Waals surface area contributed by atoms with Crippen molar-refractivity contribution in [3.8, 4) is 17.4 Å². The van der Waals surface area contributed by atoms with Crippen molar-refractivity contribution in [2.75, 3.05) is 32.9 Å². The van der Waals surface area contributed by atoms with Gasteiger partial charge in [-0.3, -0.25) is 9.88 Å². The van der Waals surface area contributed by atoms with E-state index in [1.807, 2.05) is 32.9 Å². The summed E-state index contributed by atoms with van der Waals surface area (Å²) in [5, 5.41) is 0. The van der Waals surface area contributed by atoms with Gasteiger partial charge >= 0.3 is 0 Å². The Balaban J connectivity index is 1.38. The summed E-state index contributed by atoms with van der Waals surface area (Å²) in [5.74, 6) is 1.68. The summed E-state index contributed by atoms with van der Waals surface area (Å²) in [6.45, 7) is 9.16. The topological polar surface area (TPSA) is 56.7 Å². The van der Waals surface area contributed by atoms with E-state index < -0.39 is 0 Å². The van der Waals surface area contributed by atoms with Crippen LogP contribution in [0.15, 0.2) is 18.2 Å². The zero-order chi connectivity index (χ0) is 19.7. The SMILES string of the molecule is Cc1cc(OC[C@H]2CCN(C(C)c3nc4c(cc3F)OCCO4)C2)cc(C)n1. The molecule has 0 aromatic carbocycles. The third-order valence-corrected chi connectivity index (χ3v) is 5.32. The molecule has 4 rings (SSSR count). The summed E-state index contributed by atoms with van der Waals surface area (Å²) >= 11 is 0.